The third-order valence-corrected chi connectivity index (χ3v) is 4.60. The first-order valence-electron chi connectivity index (χ1n) is 8.86. The number of hydrogen-bond acceptors (Lipinski definition) is 4. The van der Waals surface area contributed by atoms with Crippen molar-refractivity contribution >= 4 is 10.9 Å². The molecule has 136 valence electrons. The predicted molar refractivity (Wildman–Crippen MR) is 105 cm³/mol. The Bertz CT molecular complexity index is 1040. The fourth-order valence-corrected chi connectivity index (χ4v) is 3.17. The standard InChI is InChI=1S/C22H21N3O2/c1-16-12-19-13-23-24-22(27-15-18-6-4-3-5-7-18)21(19)25(16)14-17-8-10-20(26-2)11-9-17/h3-13H,14-15H2,1-2H3. The van der Waals surface area contributed by atoms with Crippen LogP contribution in [0, 0.1) is 6.92 Å². The summed E-state index contributed by atoms with van der Waals surface area (Å²) in [5, 5.41) is 9.38. The lowest BCUT2D eigenvalue weighted by Crippen LogP contribution is -2.05. The number of benzene rings is 2. The maximum atomic E-state index is 6.02. The molecule has 4 rings (SSSR count). The molecule has 0 radical (unpaired) electrons. The van der Waals surface area contributed by atoms with Gasteiger partial charge in [0.05, 0.1) is 13.3 Å². The van der Waals surface area contributed by atoms with Crippen molar-refractivity contribution in [1.29, 1.82) is 0 Å². The average Bonchev–Trinajstić information content (AvgIpc) is 3.03. The summed E-state index contributed by atoms with van der Waals surface area (Å²) in [5.41, 5.74) is 4.39. The summed E-state index contributed by atoms with van der Waals surface area (Å²) in [6, 6.07) is 20.3. The van der Waals surface area contributed by atoms with Gasteiger partial charge in [-0.05, 0) is 36.2 Å². The van der Waals surface area contributed by atoms with E-state index in [4.69, 9.17) is 9.47 Å². The number of aryl methyl sites for hydroxylation is 1. The van der Waals surface area contributed by atoms with Gasteiger partial charge < -0.3 is 14.0 Å². The lowest BCUT2D eigenvalue weighted by atomic mass is 10.2. The molecule has 0 amide bonds. The van der Waals surface area contributed by atoms with Crippen LogP contribution in [0.4, 0.5) is 0 Å². The molecule has 5 heteroatoms. The highest BCUT2D eigenvalue weighted by atomic mass is 16.5. The fourth-order valence-electron chi connectivity index (χ4n) is 3.17. The second kappa shape index (κ2) is 7.50. The number of ether oxygens (including phenoxy) is 2. The van der Waals surface area contributed by atoms with Gasteiger partial charge in [0.25, 0.3) is 5.88 Å². The molecule has 0 unspecified atom stereocenters. The minimum atomic E-state index is 0.460. The van der Waals surface area contributed by atoms with Crippen molar-refractivity contribution in [3.05, 3.63) is 83.7 Å². The van der Waals surface area contributed by atoms with Gasteiger partial charge in [0.15, 0.2) is 0 Å². The molecule has 0 N–H and O–H groups in total. The summed E-state index contributed by atoms with van der Waals surface area (Å²) in [5.74, 6) is 1.41. The first-order chi connectivity index (χ1) is 13.2. The van der Waals surface area contributed by atoms with Gasteiger partial charge in [-0.15, -0.1) is 5.10 Å². The number of hydrogen-bond donors (Lipinski definition) is 0. The van der Waals surface area contributed by atoms with E-state index < -0.39 is 0 Å². The second-order valence-corrected chi connectivity index (χ2v) is 6.45. The molecule has 0 aliphatic carbocycles. The van der Waals surface area contributed by atoms with Crippen LogP contribution < -0.4 is 9.47 Å². The molecule has 27 heavy (non-hydrogen) atoms. The van der Waals surface area contributed by atoms with Crippen LogP contribution in [0.1, 0.15) is 16.8 Å². The van der Waals surface area contributed by atoms with Gasteiger partial charge in [0.2, 0.25) is 0 Å². The van der Waals surface area contributed by atoms with Gasteiger partial charge in [0.1, 0.15) is 17.9 Å². The second-order valence-electron chi connectivity index (χ2n) is 6.45. The summed E-state index contributed by atoms with van der Waals surface area (Å²) >= 11 is 0. The molecule has 0 bridgehead atoms. The normalized spacial score (nSPS) is 10.9. The van der Waals surface area contributed by atoms with Gasteiger partial charge in [0, 0.05) is 17.6 Å². The number of nitrogens with zero attached hydrogens (tertiary/aromatic N) is 3. The maximum Gasteiger partial charge on any atom is 0.258 e. The zero-order chi connectivity index (χ0) is 18.6. The van der Waals surface area contributed by atoms with Crippen LogP contribution in [-0.2, 0) is 13.2 Å². The van der Waals surface area contributed by atoms with Crippen molar-refractivity contribution < 1.29 is 9.47 Å². The largest absolute Gasteiger partial charge is 0.497 e. The minimum absolute atomic E-state index is 0.460. The summed E-state index contributed by atoms with van der Waals surface area (Å²) in [6.07, 6.45) is 1.78. The molecule has 5 nitrogen and oxygen atoms in total. The minimum Gasteiger partial charge on any atom is -0.497 e. The van der Waals surface area contributed by atoms with Crippen molar-refractivity contribution in [1.82, 2.24) is 14.8 Å². The summed E-state index contributed by atoms with van der Waals surface area (Å²) in [4.78, 5) is 0. The molecule has 0 fully saturated rings. The van der Waals surface area contributed by atoms with Crippen LogP contribution >= 0.6 is 0 Å². The highest BCUT2D eigenvalue weighted by Crippen LogP contribution is 2.28. The van der Waals surface area contributed by atoms with Crippen molar-refractivity contribution in [2.75, 3.05) is 7.11 Å². The van der Waals surface area contributed by atoms with Crippen LogP contribution in [0.25, 0.3) is 10.9 Å². The molecule has 0 atom stereocenters. The van der Waals surface area contributed by atoms with Crippen molar-refractivity contribution in [2.45, 2.75) is 20.1 Å². The van der Waals surface area contributed by atoms with E-state index in [-0.39, 0.29) is 0 Å². The maximum absolute atomic E-state index is 6.02. The van der Waals surface area contributed by atoms with Crippen molar-refractivity contribution in [2.24, 2.45) is 0 Å². The monoisotopic (exact) mass is 359 g/mol. The van der Waals surface area contributed by atoms with Crippen molar-refractivity contribution in [3.8, 4) is 11.6 Å². The quantitative estimate of drug-likeness (QED) is 0.513. The molecule has 4 aromatic rings. The van der Waals surface area contributed by atoms with Gasteiger partial charge in [-0.25, -0.2) is 0 Å². The Balaban J connectivity index is 1.66. The lowest BCUT2D eigenvalue weighted by Gasteiger charge is -2.12. The number of methoxy groups -OCH3 is 1. The number of fused-ring (bicyclic) bond motifs is 1. The zero-order valence-corrected chi connectivity index (χ0v) is 15.4. The molecule has 0 saturated carbocycles. The topological polar surface area (TPSA) is 49.2 Å². The van der Waals surface area contributed by atoms with E-state index in [1.165, 1.54) is 5.56 Å². The van der Waals surface area contributed by atoms with Crippen LogP contribution in [0.2, 0.25) is 0 Å². The van der Waals surface area contributed by atoms with E-state index >= 15 is 0 Å². The summed E-state index contributed by atoms with van der Waals surface area (Å²) < 4.78 is 13.5. The van der Waals surface area contributed by atoms with Gasteiger partial charge in [-0.1, -0.05) is 42.5 Å². The highest BCUT2D eigenvalue weighted by molar-refractivity contribution is 5.84. The Morgan fingerprint density at radius 3 is 2.48 bits per heavy atom. The third kappa shape index (κ3) is 3.62. The van der Waals surface area contributed by atoms with Crippen LogP contribution in [0.5, 0.6) is 11.6 Å². The summed E-state index contributed by atoms with van der Waals surface area (Å²) in [7, 11) is 1.67. The van der Waals surface area contributed by atoms with E-state index in [0.29, 0.717) is 12.5 Å². The molecule has 2 heterocycles. The predicted octanol–water partition coefficient (Wildman–Crippen LogP) is 4.38. The SMILES string of the molecule is COc1ccc(Cn2c(C)cc3cnnc(OCc4ccccc4)c32)cc1. The molecule has 0 saturated heterocycles. The van der Waals surface area contributed by atoms with Crippen LogP contribution in [0.15, 0.2) is 66.9 Å². The molecule has 0 aliphatic rings. The van der Waals surface area contributed by atoms with E-state index in [2.05, 4.69) is 39.9 Å². The Kier molecular flexibility index (Phi) is 4.75. The first kappa shape index (κ1) is 17.1. The molecule has 0 spiro atoms. The zero-order valence-electron chi connectivity index (χ0n) is 15.4. The first-order valence-corrected chi connectivity index (χ1v) is 8.86. The highest BCUT2D eigenvalue weighted by Gasteiger charge is 2.14. The average molecular weight is 359 g/mol. The number of rotatable bonds is 6. The lowest BCUT2D eigenvalue weighted by molar-refractivity contribution is 0.293. The van der Waals surface area contributed by atoms with Crippen LogP contribution in [0.3, 0.4) is 0 Å². The van der Waals surface area contributed by atoms with Crippen molar-refractivity contribution in [3.63, 3.8) is 0 Å². The molecule has 0 aliphatic heterocycles. The van der Waals surface area contributed by atoms with E-state index in [1.807, 2.05) is 42.5 Å². The molecular weight excluding hydrogens is 338 g/mol. The van der Waals surface area contributed by atoms with Gasteiger partial charge in [-0.2, -0.15) is 5.10 Å². The Hall–Kier alpha value is -3.34. The van der Waals surface area contributed by atoms with E-state index in [1.54, 1.807) is 13.3 Å². The molecule has 2 aromatic heterocycles. The van der Waals surface area contributed by atoms with Gasteiger partial charge in [-0.3, -0.25) is 0 Å². The molecular formula is C22H21N3O2. The smallest absolute Gasteiger partial charge is 0.258 e. The summed E-state index contributed by atoms with van der Waals surface area (Å²) in [6.45, 7) is 3.28. The van der Waals surface area contributed by atoms with Crippen LogP contribution in [-0.4, -0.2) is 21.9 Å². The Labute approximate surface area is 158 Å². The van der Waals surface area contributed by atoms with E-state index in [9.17, 15) is 0 Å². The Morgan fingerprint density at radius 1 is 0.963 bits per heavy atom. The van der Waals surface area contributed by atoms with Gasteiger partial charge >= 0.3 is 0 Å². The Morgan fingerprint density at radius 2 is 1.74 bits per heavy atom. The third-order valence-electron chi connectivity index (χ3n) is 4.60. The fraction of sp³-hybridized carbons (Fsp3) is 0.182. The number of aromatic nitrogens is 3. The molecule has 2 aromatic carbocycles. The van der Waals surface area contributed by atoms with E-state index in [0.717, 1.165) is 34.5 Å².